The van der Waals surface area contributed by atoms with Gasteiger partial charge in [0.2, 0.25) is 5.91 Å². The lowest BCUT2D eigenvalue weighted by Crippen LogP contribution is -2.58. The molecule has 0 aromatic rings. The van der Waals surface area contributed by atoms with Crippen molar-refractivity contribution >= 4 is 5.91 Å². The summed E-state index contributed by atoms with van der Waals surface area (Å²) in [6.45, 7) is 3.28. The van der Waals surface area contributed by atoms with Crippen LogP contribution in [0, 0.1) is 5.92 Å². The Morgan fingerprint density at radius 1 is 1.57 bits per heavy atom. The van der Waals surface area contributed by atoms with Gasteiger partial charge in [0.15, 0.2) is 0 Å². The molecule has 2 heterocycles. The highest BCUT2D eigenvalue weighted by atomic mass is 16.2. The van der Waals surface area contributed by atoms with E-state index in [1.807, 2.05) is 11.9 Å². The number of amides is 1. The highest BCUT2D eigenvalue weighted by Crippen LogP contribution is 2.31. The molecule has 3 atom stereocenters. The molecule has 1 amide bonds. The predicted octanol–water partition coefficient (Wildman–Crippen LogP) is 0.995. The number of piperidine rings is 2. The summed E-state index contributed by atoms with van der Waals surface area (Å²) in [4.78, 5) is 13.7. The van der Waals surface area contributed by atoms with Gasteiger partial charge in [0.25, 0.3) is 0 Å². The van der Waals surface area contributed by atoms with Gasteiger partial charge in [-0.2, -0.15) is 0 Å². The molecule has 0 aromatic heterocycles. The first-order chi connectivity index (χ1) is 6.74. The predicted molar refractivity (Wildman–Crippen MR) is 56.0 cm³/mol. The summed E-state index contributed by atoms with van der Waals surface area (Å²) in [5.74, 6) is 1.00. The maximum absolute atomic E-state index is 11.7. The monoisotopic (exact) mass is 196 g/mol. The number of likely N-dealkylation sites (tertiary alicyclic amines) is 1. The van der Waals surface area contributed by atoms with E-state index in [9.17, 15) is 4.79 Å². The van der Waals surface area contributed by atoms with Gasteiger partial charge in [-0.3, -0.25) is 4.79 Å². The lowest BCUT2D eigenvalue weighted by Gasteiger charge is -2.46. The first-order valence-electron chi connectivity index (χ1n) is 5.73. The molecule has 14 heavy (non-hydrogen) atoms. The minimum atomic E-state index is 0.313. The van der Waals surface area contributed by atoms with E-state index in [4.69, 9.17) is 0 Å². The Balaban J connectivity index is 2.14. The Morgan fingerprint density at radius 2 is 2.36 bits per heavy atom. The van der Waals surface area contributed by atoms with Crippen LogP contribution < -0.4 is 5.32 Å². The summed E-state index contributed by atoms with van der Waals surface area (Å²) in [6, 6.07) is 0.923. The molecule has 0 spiro atoms. The van der Waals surface area contributed by atoms with Crippen LogP contribution in [0.2, 0.25) is 0 Å². The van der Waals surface area contributed by atoms with Crippen molar-refractivity contribution in [3.8, 4) is 0 Å². The van der Waals surface area contributed by atoms with E-state index in [-0.39, 0.29) is 0 Å². The second-order valence-corrected chi connectivity index (χ2v) is 4.55. The van der Waals surface area contributed by atoms with Gasteiger partial charge >= 0.3 is 0 Å². The summed E-state index contributed by atoms with van der Waals surface area (Å²) in [7, 11) is 1.96. The highest BCUT2D eigenvalue weighted by molar-refractivity contribution is 5.78. The molecule has 80 valence electrons. The zero-order valence-electron chi connectivity index (χ0n) is 9.12. The van der Waals surface area contributed by atoms with Crippen LogP contribution in [-0.2, 0) is 4.79 Å². The van der Waals surface area contributed by atoms with Gasteiger partial charge in [0, 0.05) is 25.6 Å². The molecule has 0 aliphatic carbocycles. The van der Waals surface area contributed by atoms with Crippen LogP contribution in [0.15, 0.2) is 0 Å². The van der Waals surface area contributed by atoms with E-state index >= 15 is 0 Å². The van der Waals surface area contributed by atoms with Crippen molar-refractivity contribution in [2.45, 2.75) is 44.7 Å². The van der Waals surface area contributed by atoms with E-state index in [2.05, 4.69) is 12.2 Å². The number of carbonyl (C=O) groups excluding carboxylic acids is 1. The summed E-state index contributed by atoms with van der Waals surface area (Å²) in [5.41, 5.74) is 0. The van der Waals surface area contributed by atoms with E-state index in [0.29, 0.717) is 30.3 Å². The molecule has 2 saturated heterocycles. The van der Waals surface area contributed by atoms with E-state index < -0.39 is 0 Å². The van der Waals surface area contributed by atoms with Crippen LogP contribution in [0.1, 0.15) is 32.6 Å². The number of nitrogens with one attached hydrogen (secondary N) is 1. The Hall–Kier alpha value is -0.570. The topological polar surface area (TPSA) is 32.3 Å². The highest BCUT2D eigenvalue weighted by Gasteiger charge is 2.40. The van der Waals surface area contributed by atoms with Crippen molar-refractivity contribution in [1.82, 2.24) is 10.2 Å². The van der Waals surface area contributed by atoms with E-state index in [1.165, 1.54) is 12.8 Å². The number of hydrogen-bond acceptors (Lipinski definition) is 2. The molecule has 0 aromatic carbocycles. The molecular weight excluding hydrogens is 176 g/mol. The van der Waals surface area contributed by atoms with Crippen LogP contribution in [0.25, 0.3) is 0 Å². The van der Waals surface area contributed by atoms with Gasteiger partial charge in [-0.15, -0.1) is 0 Å². The van der Waals surface area contributed by atoms with E-state index in [0.717, 1.165) is 13.0 Å². The SMILES string of the molecule is CCC1C2CCCNC2CC(=O)N1C. The lowest BCUT2D eigenvalue weighted by molar-refractivity contribution is -0.139. The Morgan fingerprint density at radius 3 is 3.07 bits per heavy atom. The fourth-order valence-corrected chi connectivity index (χ4v) is 3.04. The van der Waals surface area contributed by atoms with Gasteiger partial charge in [0.1, 0.15) is 0 Å². The standard InChI is InChI=1S/C11H20N2O/c1-3-10-8-5-4-6-12-9(8)7-11(14)13(10)2/h8-10,12H,3-7H2,1-2H3. The van der Waals surface area contributed by atoms with Crippen LogP contribution in [0.5, 0.6) is 0 Å². The van der Waals surface area contributed by atoms with Crippen LogP contribution in [-0.4, -0.2) is 36.5 Å². The zero-order chi connectivity index (χ0) is 10.1. The average molecular weight is 196 g/mol. The smallest absolute Gasteiger partial charge is 0.224 e. The Labute approximate surface area is 85.8 Å². The maximum Gasteiger partial charge on any atom is 0.224 e. The summed E-state index contributed by atoms with van der Waals surface area (Å²) >= 11 is 0. The fourth-order valence-electron chi connectivity index (χ4n) is 3.04. The first kappa shape index (κ1) is 9.97. The summed E-state index contributed by atoms with van der Waals surface area (Å²) < 4.78 is 0. The molecule has 2 fully saturated rings. The normalized spacial score (nSPS) is 38.3. The third-order valence-corrected chi connectivity index (χ3v) is 3.84. The van der Waals surface area contributed by atoms with Crippen molar-refractivity contribution in [1.29, 1.82) is 0 Å². The zero-order valence-corrected chi connectivity index (χ0v) is 9.12. The molecule has 2 aliphatic rings. The fraction of sp³-hybridized carbons (Fsp3) is 0.909. The number of carbonyl (C=O) groups is 1. The Bertz CT molecular complexity index is 229. The molecule has 3 unspecified atom stereocenters. The molecule has 0 radical (unpaired) electrons. The van der Waals surface area contributed by atoms with Crippen molar-refractivity contribution in [3.63, 3.8) is 0 Å². The molecule has 2 rings (SSSR count). The largest absolute Gasteiger partial charge is 0.342 e. The quantitative estimate of drug-likeness (QED) is 0.678. The van der Waals surface area contributed by atoms with Crippen LogP contribution in [0.3, 0.4) is 0 Å². The summed E-state index contributed by atoms with van der Waals surface area (Å²) in [5, 5.41) is 3.49. The number of nitrogens with zero attached hydrogens (tertiary/aromatic N) is 1. The molecule has 0 bridgehead atoms. The van der Waals surface area contributed by atoms with Crippen molar-refractivity contribution in [3.05, 3.63) is 0 Å². The number of rotatable bonds is 1. The number of hydrogen-bond donors (Lipinski definition) is 1. The minimum absolute atomic E-state index is 0.313. The second-order valence-electron chi connectivity index (χ2n) is 4.55. The third-order valence-electron chi connectivity index (χ3n) is 3.84. The molecular formula is C11H20N2O. The van der Waals surface area contributed by atoms with Gasteiger partial charge in [-0.25, -0.2) is 0 Å². The summed E-state index contributed by atoms with van der Waals surface area (Å²) in [6.07, 6.45) is 4.34. The third kappa shape index (κ3) is 1.54. The van der Waals surface area contributed by atoms with Gasteiger partial charge in [-0.05, 0) is 31.7 Å². The number of fused-ring (bicyclic) bond motifs is 1. The molecule has 0 saturated carbocycles. The van der Waals surface area contributed by atoms with Crippen molar-refractivity contribution in [2.24, 2.45) is 5.92 Å². The van der Waals surface area contributed by atoms with Crippen LogP contribution in [0.4, 0.5) is 0 Å². The lowest BCUT2D eigenvalue weighted by atomic mass is 9.78. The van der Waals surface area contributed by atoms with Crippen molar-refractivity contribution in [2.75, 3.05) is 13.6 Å². The second kappa shape index (κ2) is 3.89. The molecule has 2 aliphatic heterocycles. The van der Waals surface area contributed by atoms with Crippen LogP contribution >= 0.6 is 0 Å². The van der Waals surface area contributed by atoms with Gasteiger partial charge < -0.3 is 10.2 Å². The van der Waals surface area contributed by atoms with Crippen molar-refractivity contribution < 1.29 is 4.79 Å². The van der Waals surface area contributed by atoms with Gasteiger partial charge in [0.05, 0.1) is 0 Å². The Kier molecular flexibility index (Phi) is 2.77. The molecule has 3 nitrogen and oxygen atoms in total. The van der Waals surface area contributed by atoms with Gasteiger partial charge in [-0.1, -0.05) is 6.92 Å². The van der Waals surface area contributed by atoms with E-state index in [1.54, 1.807) is 0 Å². The maximum atomic E-state index is 11.7. The molecule has 3 heteroatoms. The molecule has 1 N–H and O–H groups in total. The minimum Gasteiger partial charge on any atom is -0.342 e. The first-order valence-corrected chi connectivity index (χ1v) is 5.73. The average Bonchev–Trinajstić information content (AvgIpc) is 2.20.